The van der Waals surface area contributed by atoms with Gasteiger partial charge in [-0.3, -0.25) is 4.79 Å². The Kier molecular flexibility index (Phi) is 4.69. The molecule has 1 aromatic rings. The molecule has 0 radical (unpaired) electrons. The summed E-state index contributed by atoms with van der Waals surface area (Å²) in [6.07, 6.45) is 1.72. The molecule has 1 aromatic carbocycles. The molecule has 2 heterocycles. The van der Waals surface area contributed by atoms with Crippen molar-refractivity contribution in [2.24, 2.45) is 0 Å². The van der Waals surface area contributed by atoms with Crippen LogP contribution < -0.4 is 20.1 Å². The summed E-state index contributed by atoms with van der Waals surface area (Å²) in [6, 6.07) is 5.44. The predicted molar refractivity (Wildman–Crippen MR) is 89.0 cm³/mol. The van der Waals surface area contributed by atoms with E-state index in [-0.39, 0.29) is 6.54 Å². The smallest absolute Gasteiger partial charge is 0.241 e. The zero-order valence-electron chi connectivity index (χ0n) is 13.6. The van der Waals surface area contributed by atoms with E-state index in [0.29, 0.717) is 50.6 Å². The van der Waals surface area contributed by atoms with E-state index in [0.717, 1.165) is 11.8 Å². The molecule has 7 nitrogen and oxygen atoms in total. The third kappa shape index (κ3) is 3.21. The molecule has 3 rings (SSSR count). The van der Waals surface area contributed by atoms with Gasteiger partial charge >= 0.3 is 0 Å². The number of carbonyl (C=O) groups is 1. The standard InChI is InChI=1S/C16H22N2O5S/c1-24(20,21)16(4-6-17-7-5-16)15(19)18-11-12-2-3-13-14(10-12)23-9-8-22-13/h2-3,10,17H,4-9,11H2,1H3,(H,18,19). The fraction of sp³-hybridized carbons (Fsp3) is 0.562. The van der Waals surface area contributed by atoms with Crippen molar-refractivity contribution in [2.75, 3.05) is 32.6 Å². The summed E-state index contributed by atoms with van der Waals surface area (Å²) in [4.78, 5) is 12.7. The van der Waals surface area contributed by atoms with Gasteiger partial charge in [-0.1, -0.05) is 6.07 Å². The Morgan fingerprint density at radius 3 is 2.54 bits per heavy atom. The lowest BCUT2D eigenvalue weighted by atomic mass is 9.95. The van der Waals surface area contributed by atoms with Crippen molar-refractivity contribution in [3.63, 3.8) is 0 Å². The number of piperidine rings is 1. The monoisotopic (exact) mass is 354 g/mol. The number of sulfone groups is 1. The maximum atomic E-state index is 12.7. The van der Waals surface area contributed by atoms with Gasteiger partial charge in [0.05, 0.1) is 0 Å². The molecule has 0 bridgehead atoms. The van der Waals surface area contributed by atoms with Gasteiger partial charge in [0.1, 0.15) is 13.2 Å². The van der Waals surface area contributed by atoms with Crippen molar-refractivity contribution in [3.8, 4) is 11.5 Å². The molecule has 1 saturated heterocycles. The van der Waals surface area contributed by atoms with Gasteiger partial charge < -0.3 is 20.1 Å². The average Bonchev–Trinajstić information content (AvgIpc) is 2.59. The Balaban J connectivity index is 1.72. The summed E-state index contributed by atoms with van der Waals surface area (Å²) >= 11 is 0. The van der Waals surface area contributed by atoms with Gasteiger partial charge in [-0.05, 0) is 43.6 Å². The lowest BCUT2D eigenvalue weighted by Crippen LogP contribution is -2.57. The molecule has 8 heteroatoms. The number of carbonyl (C=O) groups excluding carboxylic acids is 1. The minimum Gasteiger partial charge on any atom is -0.486 e. The number of amides is 1. The molecule has 0 aromatic heterocycles. The number of hydrogen-bond donors (Lipinski definition) is 2. The van der Waals surface area contributed by atoms with Crippen LogP contribution in [0.5, 0.6) is 11.5 Å². The molecule has 0 atom stereocenters. The number of rotatable bonds is 4. The fourth-order valence-electron chi connectivity index (χ4n) is 3.14. The van der Waals surface area contributed by atoms with Crippen LogP contribution in [0.3, 0.4) is 0 Å². The van der Waals surface area contributed by atoms with E-state index in [1.54, 1.807) is 6.07 Å². The second-order valence-electron chi connectivity index (χ2n) is 6.18. The van der Waals surface area contributed by atoms with Gasteiger partial charge in [0.2, 0.25) is 5.91 Å². The molecule has 0 aliphatic carbocycles. The minimum absolute atomic E-state index is 0.250. The van der Waals surface area contributed by atoms with Crippen molar-refractivity contribution in [1.29, 1.82) is 0 Å². The Hall–Kier alpha value is -1.80. The maximum absolute atomic E-state index is 12.7. The van der Waals surface area contributed by atoms with Crippen molar-refractivity contribution in [2.45, 2.75) is 24.1 Å². The number of benzene rings is 1. The van der Waals surface area contributed by atoms with Gasteiger partial charge in [-0.15, -0.1) is 0 Å². The van der Waals surface area contributed by atoms with E-state index in [9.17, 15) is 13.2 Å². The van der Waals surface area contributed by atoms with Crippen molar-refractivity contribution in [3.05, 3.63) is 23.8 Å². The van der Waals surface area contributed by atoms with Crippen LogP contribution in [-0.4, -0.2) is 51.6 Å². The first-order valence-electron chi connectivity index (χ1n) is 7.99. The lowest BCUT2D eigenvalue weighted by Gasteiger charge is -2.34. The highest BCUT2D eigenvalue weighted by atomic mass is 32.2. The summed E-state index contributed by atoms with van der Waals surface area (Å²) in [5.41, 5.74) is 0.838. The molecule has 0 saturated carbocycles. The van der Waals surface area contributed by atoms with Crippen LogP contribution in [0.1, 0.15) is 18.4 Å². The van der Waals surface area contributed by atoms with Gasteiger partial charge in [-0.2, -0.15) is 0 Å². The average molecular weight is 354 g/mol. The molecule has 24 heavy (non-hydrogen) atoms. The Morgan fingerprint density at radius 2 is 1.88 bits per heavy atom. The summed E-state index contributed by atoms with van der Waals surface area (Å²) in [7, 11) is -3.50. The fourth-order valence-corrected chi connectivity index (χ4v) is 4.49. The minimum atomic E-state index is -3.50. The number of nitrogens with one attached hydrogen (secondary N) is 2. The summed E-state index contributed by atoms with van der Waals surface area (Å²) in [5.74, 6) is 0.899. The highest BCUT2D eigenvalue weighted by molar-refractivity contribution is 7.92. The van der Waals surface area contributed by atoms with Gasteiger partial charge in [0, 0.05) is 12.8 Å². The second kappa shape index (κ2) is 6.60. The Labute approximate surface area is 141 Å². The molecular weight excluding hydrogens is 332 g/mol. The first-order valence-corrected chi connectivity index (χ1v) is 9.89. The van der Waals surface area contributed by atoms with E-state index in [2.05, 4.69) is 10.6 Å². The largest absolute Gasteiger partial charge is 0.486 e. The SMILES string of the molecule is CS(=O)(=O)C1(C(=O)NCc2ccc3c(c2)OCCO3)CCNCC1. The van der Waals surface area contributed by atoms with Crippen molar-refractivity contribution in [1.82, 2.24) is 10.6 Å². The molecule has 0 unspecified atom stereocenters. The summed E-state index contributed by atoms with van der Waals surface area (Å²) in [5, 5.41) is 5.88. The number of ether oxygens (including phenoxy) is 2. The molecule has 0 spiro atoms. The highest BCUT2D eigenvalue weighted by Crippen LogP contribution is 2.31. The highest BCUT2D eigenvalue weighted by Gasteiger charge is 2.48. The third-order valence-corrected chi connectivity index (χ3v) is 6.61. The van der Waals surface area contributed by atoms with Crippen LogP contribution in [0.2, 0.25) is 0 Å². The lowest BCUT2D eigenvalue weighted by molar-refractivity contribution is -0.124. The number of fused-ring (bicyclic) bond motifs is 1. The molecule has 2 aliphatic rings. The Morgan fingerprint density at radius 1 is 1.21 bits per heavy atom. The molecular formula is C16H22N2O5S. The molecule has 2 aliphatic heterocycles. The molecule has 2 N–H and O–H groups in total. The third-order valence-electron chi connectivity index (χ3n) is 4.59. The van der Waals surface area contributed by atoms with Crippen molar-refractivity contribution < 1.29 is 22.7 Å². The van der Waals surface area contributed by atoms with Crippen molar-refractivity contribution >= 4 is 15.7 Å². The van der Waals surface area contributed by atoms with E-state index in [1.165, 1.54) is 0 Å². The van der Waals surface area contributed by atoms with E-state index < -0.39 is 20.5 Å². The van der Waals surface area contributed by atoms with Crippen LogP contribution in [0.4, 0.5) is 0 Å². The zero-order chi connectivity index (χ0) is 17.2. The van der Waals surface area contributed by atoms with Crippen LogP contribution in [0, 0.1) is 0 Å². The molecule has 132 valence electrons. The van der Waals surface area contributed by atoms with Crippen LogP contribution >= 0.6 is 0 Å². The van der Waals surface area contributed by atoms with Crippen LogP contribution in [0.15, 0.2) is 18.2 Å². The first-order chi connectivity index (χ1) is 11.4. The van der Waals surface area contributed by atoms with Gasteiger partial charge in [0.25, 0.3) is 0 Å². The van der Waals surface area contributed by atoms with Crippen LogP contribution in [-0.2, 0) is 21.2 Å². The summed E-state index contributed by atoms with van der Waals surface area (Å²) < 4.78 is 34.1. The summed E-state index contributed by atoms with van der Waals surface area (Å²) in [6.45, 7) is 2.30. The molecule has 1 fully saturated rings. The van der Waals surface area contributed by atoms with E-state index in [4.69, 9.17) is 9.47 Å². The van der Waals surface area contributed by atoms with E-state index in [1.807, 2.05) is 12.1 Å². The topological polar surface area (TPSA) is 93.7 Å². The maximum Gasteiger partial charge on any atom is 0.241 e. The van der Waals surface area contributed by atoms with Crippen LogP contribution in [0.25, 0.3) is 0 Å². The predicted octanol–water partition coefficient (Wildman–Crippen LogP) is 0.241. The number of hydrogen-bond acceptors (Lipinski definition) is 6. The molecule has 1 amide bonds. The normalized spacial score (nSPS) is 19.5. The van der Waals surface area contributed by atoms with Gasteiger partial charge in [0.15, 0.2) is 26.1 Å². The zero-order valence-corrected chi connectivity index (χ0v) is 14.4. The second-order valence-corrected chi connectivity index (χ2v) is 8.50. The Bertz CT molecular complexity index is 726. The van der Waals surface area contributed by atoms with E-state index >= 15 is 0 Å². The first kappa shape index (κ1) is 17.0. The van der Waals surface area contributed by atoms with Gasteiger partial charge in [-0.25, -0.2) is 8.42 Å². The quantitative estimate of drug-likeness (QED) is 0.805.